The average molecular weight is 897 g/mol. The van der Waals surface area contributed by atoms with E-state index in [1.54, 1.807) is 0 Å². The highest BCUT2D eigenvalue weighted by Crippen LogP contribution is 2.55. The summed E-state index contributed by atoms with van der Waals surface area (Å²) in [6, 6.07) is 92.2. The molecule has 69 heavy (non-hydrogen) atoms. The molecule has 0 aliphatic heterocycles. The van der Waals surface area contributed by atoms with E-state index in [2.05, 4.69) is 270 Å². The van der Waals surface area contributed by atoms with Crippen LogP contribution in [0.1, 0.15) is 49.9 Å². The van der Waals surface area contributed by atoms with Crippen molar-refractivity contribution in [2.75, 3.05) is 0 Å². The Morgan fingerprint density at radius 1 is 0.246 bits per heavy atom. The Morgan fingerprint density at radius 2 is 0.667 bits per heavy atom. The number of hydrogen-bond acceptors (Lipinski definition) is 0. The first-order valence-electron chi connectivity index (χ1n) is 24.5. The molecule has 13 rings (SSSR count). The maximum absolute atomic E-state index is 2.72. The lowest BCUT2D eigenvalue weighted by Gasteiger charge is -2.34. The van der Waals surface area contributed by atoms with Gasteiger partial charge in [-0.25, -0.2) is 0 Å². The van der Waals surface area contributed by atoms with Crippen LogP contribution in [0.4, 0.5) is 0 Å². The van der Waals surface area contributed by atoms with Gasteiger partial charge in [0, 0.05) is 10.8 Å². The highest BCUT2D eigenvalue weighted by Gasteiger charge is 2.42. The second-order valence-electron chi connectivity index (χ2n) is 20.3. The van der Waals surface area contributed by atoms with Gasteiger partial charge in [0.2, 0.25) is 0 Å². The molecule has 0 bridgehead atoms. The monoisotopic (exact) mass is 896 g/mol. The number of rotatable bonds is 7. The van der Waals surface area contributed by atoms with Crippen LogP contribution in [0.3, 0.4) is 0 Å². The van der Waals surface area contributed by atoms with Crippen molar-refractivity contribution in [1.82, 2.24) is 0 Å². The van der Waals surface area contributed by atoms with Crippen LogP contribution in [0.25, 0.3) is 77.2 Å². The van der Waals surface area contributed by atoms with E-state index >= 15 is 0 Å². The summed E-state index contributed by atoms with van der Waals surface area (Å²) in [5, 5.41) is 10.6. The molecule has 11 aromatic carbocycles. The van der Waals surface area contributed by atoms with Crippen molar-refractivity contribution in [3.63, 3.8) is 0 Å². The Morgan fingerprint density at radius 3 is 1.30 bits per heavy atom. The molecule has 0 unspecified atom stereocenters. The van der Waals surface area contributed by atoms with E-state index in [1.807, 2.05) is 0 Å². The molecule has 0 spiro atoms. The highest BCUT2D eigenvalue weighted by atomic mass is 28.3. The van der Waals surface area contributed by atoms with Crippen LogP contribution in [-0.2, 0) is 10.8 Å². The van der Waals surface area contributed by atoms with Gasteiger partial charge in [-0.15, -0.1) is 0 Å². The van der Waals surface area contributed by atoms with Crippen LogP contribution in [0, 0.1) is 0 Å². The Kier molecular flexibility index (Phi) is 9.35. The van der Waals surface area contributed by atoms with Crippen LogP contribution in [0.15, 0.2) is 243 Å². The zero-order valence-corrected chi connectivity index (χ0v) is 40.6. The van der Waals surface area contributed by atoms with Crippen LogP contribution in [0.5, 0.6) is 0 Å². The van der Waals surface area contributed by atoms with E-state index in [9.17, 15) is 0 Å². The van der Waals surface area contributed by atoms with E-state index in [0.29, 0.717) is 0 Å². The first-order chi connectivity index (χ1) is 33.8. The van der Waals surface area contributed by atoms with Crippen LogP contribution in [0.2, 0.25) is 0 Å². The van der Waals surface area contributed by atoms with Gasteiger partial charge in [-0.1, -0.05) is 258 Å². The van der Waals surface area contributed by atoms with Gasteiger partial charge in [0.05, 0.1) is 0 Å². The third-order valence-corrected chi connectivity index (χ3v) is 20.8. The quantitative estimate of drug-likeness (QED) is 0.0849. The maximum Gasteiger partial charge on any atom is 0.179 e. The molecule has 0 amide bonds. The number of benzene rings is 11. The second-order valence-corrected chi connectivity index (χ2v) is 24.1. The molecule has 0 heterocycles. The Hall–Kier alpha value is -7.84. The lowest BCUT2D eigenvalue weighted by Crippen LogP contribution is -2.74. The Bertz CT molecular complexity index is 3710. The van der Waals surface area contributed by atoms with Crippen molar-refractivity contribution in [3.8, 4) is 55.6 Å². The standard InChI is InChI=1S/C68H52Si/c1-67(2)61-33-19-17-30-57(61)66-58(31-20-34-62(66)67)65-55-29-15-14-28-54(55)64(56-42-38-46(43-59(56)65)47-37-41-53-52-27-16-18-32-60(52)68(3,4)63(53)44-47)45-35-39-51(40-36-45)69(48-21-8-5-9-22-48,49-23-10-6-11-24-49)50-25-12-7-13-26-50/h5-44H,1-4H3. The minimum atomic E-state index is -2.72. The predicted octanol–water partition coefficient (Wildman–Crippen LogP) is 15.0. The molecule has 0 atom stereocenters. The lowest BCUT2D eigenvalue weighted by atomic mass is 9.80. The summed E-state index contributed by atoms with van der Waals surface area (Å²) >= 11 is 0. The molecule has 0 fully saturated rings. The van der Waals surface area contributed by atoms with Gasteiger partial charge in [-0.3, -0.25) is 0 Å². The second kappa shape index (κ2) is 15.6. The molecule has 2 aliphatic carbocycles. The summed E-state index contributed by atoms with van der Waals surface area (Å²) in [6.07, 6.45) is 0. The van der Waals surface area contributed by atoms with Crippen LogP contribution in [-0.4, -0.2) is 8.07 Å². The molecule has 328 valence electrons. The van der Waals surface area contributed by atoms with Gasteiger partial charge in [0.25, 0.3) is 0 Å². The van der Waals surface area contributed by atoms with Crippen molar-refractivity contribution in [3.05, 3.63) is 265 Å². The molecule has 0 aromatic heterocycles. The molecule has 0 nitrogen and oxygen atoms in total. The van der Waals surface area contributed by atoms with E-state index < -0.39 is 8.07 Å². The van der Waals surface area contributed by atoms with Crippen molar-refractivity contribution in [2.45, 2.75) is 38.5 Å². The van der Waals surface area contributed by atoms with Gasteiger partial charge in [0.15, 0.2) is 8.07 Å². The van der Waals surface area contributed by atoms with Gasteiger partial charge in [-0.2, -0.15) is 0 Å². The smallest absolute Gasteiger partial charge is 0.0623 e. The van der Waals surface area contributed by atoms with Gasteiger partial charge >= 0.3 is 0 Å². The van der Waals surface area contributed by atoms with Gasteiger partial charge in [-0.05, 0) is 132 Å². The summed E-state index contributed by atoms with van der Waals surface area (Å²) in [7, 11) is -2.72. The largest absolute Gasteiger partial charge is 0.179 e. The summed E-state index contributed by atoms with van der Waals surface area (Å²) in [4.78, 5) is 0. The molecule has 0 N–H and O–H groups in total. The fourth-order valence-electron chi connectivity index (χ4n) is 12.8. The van der Waals surface area contributed by atoms with E-state index in [0.717, 1.165) is 0 Å². The minimum Gasteiger partial charge on any atom is -0.0623 e. The number of fused-ring (bicyclic) bond motifs is 8. The average Bonchev–Trinajstić information content (AvgIpc) is 3.78. The van der Waals surface area contributed by atoms with Crippen LogP contribution < -0.4 is 20.7 Å². The Labute approximate surface area is 407 Å². The fourth-order valence-corrected chi connectivity index (χ4v) is 17.5. The van der Waals surface area contributed by atoms with E-state index in [-0.39, 0.29) is 10.8 Å². The van der Waals surface area contributed by atoms with E-state index in [4.69, 9.17) is 0 Å². The molecule has 0 saturated heterocycles. The zero-order chi connectivity index (χ0) is 46.5. The maximum atomic E-state index is 2.51. The number of hydrogen-bond donors (Lipinski definition) is 0. The first kappa shape index (κ1) is 41.4. The van der Waals surface area contributed by atoms with Gasteiger partial charge in [0.1, 0.15) is 0 Å². The third-order valence-electron chi connectivity index (χ3n) is 16.0. The highest BCUT2D eigenvalue weighted by molar-refractivity contribution is 7.19. The molecule has 0 radical (unpaired) electrons. The lowest BCUT2D eigenvalue weighted by molar-refractivity contribution is 0.660. The SMILES string of the molecule is CC1(C)c2ccccc2-c2ccc(-c3ccc4c(-c5ccc([Si](c6ccccc6)(c6ccccc6)c6ccccc6)cc5)c5ccccc5c(-c5cccc6c5-c5ccccc5C6(C)C)c4c3)cc21. The topological polar surface area (TPSA) is 0 Å². The summed E-state index contributed by atoms with van der Waals surface area (Å²) in [6.45, 7) is 9.54. The van der Waals surface area contributed by atoms with Crippen molar-refractivity contribution < 1.29 is 0 Å². The summed E-state index contributed by atoms with van der Waals surface area (Å²) in [5.74, 6) is 0. The summed E-state index contributed by atoms with van der Waals surface area (Å²) in [5.41, 5.74) is 18.3. The van der Waals surface area contributed by atoms with Gasteiger partial charge < -0.3 is 0 Å². The Balaban J connectivity index is 1.07. The van der Waals surface area contributed by atoms with Crippen molar-refractivity contribution in [2.24, 2.45) is 0 Å². The van der Waals surface area contributed by atoms with E-state index in [1.165, 1.54) is 120 Å². The molecular formula is C68H52Si. The molecule has 2 aliphatic rings. The first-order valence-corrected chi connectivity index (χ1v) is 26.5. The zero-order valence-electron chi connectivity index (χ0n) is 39.6. The normalized spacial score (nSPS) is 14.0. The molecule has 11 aromatic rings. The summed E-state index contributed by atoms with van der Waals surface area (Å²) < 4.78 is 0. The van der Waals surface area contributed by atoms with Crippen molar-refractivity contribution >= 4 is 50.4 Å². The minimum absolute atomic E-state index is 0.0910. The van der Waals surface area contributed by atoms with Crippen LogP contribution >= 0.6 is 0 Å². The predicted molar refractivity (Wildman–Crippen MR) is 297 cm³/mol. The van der Waals surface area contributed by atoms with Crippen molar-refractivity contribution in [1.29, 1.82) is 0 Å². The molecule has 1 heteroatoms. The molecular weight excluding hydrogens is 845 g/mol. The fraction of sp³-hybridized carbons (Fsp3) is 0.0882. The molecule has 0 saturated carbocycles. The third kappa shape index (κ3) is 6.07.